The number of imidazole rings is 1. The van der Waals surface area contributed by atoms with Crippen LogP contribution < -0.4 is 5.32 Å². The van der Waals surface area contributed by atoms with Crippen molar-refractivity contribution >= 4 is 11.3 Å². The van der Waals surface area contributed by atoms with Gasteiger partial charge in [-0.15, -0.1) is 0 Å². The Labute approximate surface area is 166 Å². The Balaban J connectivity index is 1.56. The van der Waals surface area contributed by atoms with E-state index in [2.05, 4.69) is 10.3 Å². The summed E-state index contributed by atoms with van der Waals surface area (Å²) in [5, 5.41) is 2.77. The second-order valence-electron chi connectivity index (χ2n) is 7.37. The fraction of sp³-hybridized carbons (Fsp3) is 0.350. The van der Waals surface area contributed by atoms with Crippen molar-refractivity contribution in [1.29, 1.82) is 0 Å². The molecule has 30 heavy (non-hydrogen) atoms. The highest BCUT2D eigenvalue weighted by molar-refractivity contribution is 5.66. The van der Waals surface area contributed by atoms with Crippen LogP contribution in [0.2, 0.25) is 0 Å². The lowest BCUT2D eigenvalue weighted by Crippen LogP contribution is -2.16. The minimum atomic E-state index is -4.80. The highest BCUT2D eigenvalue weighted by Crippen LogP contribution is 2.48. The van der Waals surface area contributed by atoms with Gasteiger partial charge in [0.15, 0.2) is 5.65 Å². The molecule has 2 atom stereocenters. The number of nitrogens with zero attached hydrogens (tertiary/aromatic N) is 2. The molecular formula is C20H16F7N3. The summed E-state index contributed by atoms with van der Waals surface area (Å²) in [6.07, 6.45) is -8.02. The van der Waals surface area contributed by atoms with Crippen LogP contribution in [0.1, 0.15) is 29.2 Å². The van der Waals surface area contributed by atoms with Crippen LogP contribution in [0.3, 0.4) is 0 Å². The Hall–Kier alpha value is -2.78. The molecule has 2 heterocycles. The predicted octanol–water partition coefficient (Wildman–Crippen LogP) is 5.81. The van der Waals surface area contributed by atoms with Crippen LogP contribution in [0.25, 0.3) is 5.65 Å². The van der Waals surface area contributed by atoms with E-state index in [0.29, 0.717) is 0 Å². The van der Waals surface area contributed by atoms with Gasteiger partial charge in [0.1, 0.15) is 11.4 Å². The topological polar surface area (TPSA) is 29.3 Å². The number of hydrogen-bond donors (Lipinski definition) is 1. The Kier molecular flexibility index (Phi) is 4.90. The van der Waals surface area contributed by atoms with Gasteiger partial charge in [-0.3, -0.25) is 0 Å². The van der Waals surface area contributed by atoms with E-state index in [4.69, 9.17) is 0 Å². The maximum absolute atomic E-state index is 13.7. The molecule has 160 valence electrons. The van der Waals surface area contributed by atoms with Gasteiger partial charge in [0.2, 0.25) is 0 Å². The third kappa shape index (κ3) is 4.22. The smallest absolute Gasteiger partial charge is 0.384 e. The zero-order valence-corrected chi connectivity index (χ0v) is 15.4. The first kappa shape index (κ1) is 20.5. The molecule has 3 aromatic rings. The van der Waals surface area contributed by atoms with Crippen LogP contribution in [-0.2, 0) is 12.6 Å². The lowest BCUT2D eigenvalue weighted by molar-refractivity contribution is -0.136. The van der Waals surface area contributed by atoms with Gasteiger partial charge in [-0.05, 0) is 42.0 Å². The van der Waals surface area contributed by atoms with Crippen molar-refractivity contribution in [2.75, 3.05) is 11.9 Å². The summed E-state index contributed by atoms with van der Waals surface area (Å²) in [6, 6.07) is 7.10. The van der Waals surface area contributed by atoms with E-state index in [-0.39, 0.29) is 35.6 Å². The van der Waals surface area contributed by atoms with Gasteiger partial charge in [-0.25, -0.2) is 9.37 Å². The minimum Gasteiger partial charge on any atom is -0.384 e. The highest BCUT2D eigenvalue weighted by Gasteiger charge is 2.41. The van der Waals surface area contributed by atoms with Crippen molar-refractivity contribution in [3.8, 4) is 0 Å². The van der Waals surface area contributed by atoms with Gasteiger partial charge in [-0.2, -0.15) is 26.3 Å². The van der Waals surface area contributed by atoms with Gasteiger partial charge in [0.25, 0.3) is 0 Å². The van der Waals surface area contributed by atoms with E-state index in [1.165, 1.54) is 12.1 Å². The number of benzene rings is 1. The third-order valence-electron chi connectivity index (χ3n) is 5.20. The Morgan fingerprint density at radius 3 is 2.37 bits per heavy atom. The van der Waals surface area contributed by atoms with Crippen molar-refractivity contribution in [3.63, 3.8) is 0 Å². The Morgan fingerprint density at radius 2 is 1.73 bits per heavy atom. The van der Waals surface area contributed by atoms with E-state index in [1.807, 2.05) is 0 Å². The average molecular weight is 431 g/mol. The molecule has 0 aliphatic heterocycles. The molecule has 0 radical (unpaired) electrons. The first-order valence-corrected chi connectivity index (χ1v) is 9.15. The van der Waals surface area contributed by atoms with Gasteiger partial charge < -0.3 is 9.72 Å². The van der Waals surface area contributed by atoms with Crippen LogP contribution in [0, 0.1) is 11.7 Å². The third-order valence-corrected chi connectivity index (χ3v) is 5.20. The molecule has 1 aromatic carbocycles. The molecule has 1 fully saturated rings. The minimum absolute atomic E-state index is 0.0771. The van der Waals surface area contributed by atoms with Crippen LogP contribution in [-0.4, -0.2) is 22.1 Å². The normalized spacial score (nSPS) is 19.3. The number of hydrogen-bond acceptors (Lipinski definition) is 2. The molecule has 0 unspecified atom stereocenters. The molecule has 10 heteroatoms. The molecule has 0 bridgehead atoms. The van der Waals surface area contributed by atoms with Gasteiger partial charge in [-0.1, -0.05) is 12.1 Å². The summed E-state index contributed by atoms with van der Waals surface area (Å²) in [4.78, 5) is 3.61. The van der Waals surface area contributed by atoms with E-state index in [9.17, 15) is 30.7 Å². The average Bonchev–Trinajstić information content (AvgIpc) is 3.31. The number of nitrogens with one attached hydrogen (secondary N) is 1. The summed E-state index contributed by atoms with van der Waals surface area (Å²) >= 11 is 0. The number of halogens is 7. The molecular weight excluding hydrogens is 415 g/mol. The number of aromatic nitrogens is 2. The maximum atomic E-state index is 13.7. The second kappa shape index (κ2) is 7.17. The summed E-state index contributed by atoms with van der Waals surface area (Å²) in [7, 11) is 0. The molecule has 2 aromatic heterocycles. The molecule has 1 saturated carbocycles. The van der Waals surface area contributed by atoms with Crippen molar-refractivity contribution in [1.82, 2.24) is 9.38 Å². The number of fused-ring (bicyclic) bond motifs is 1. The van der Waals surface area contributed by atoms with E-state index in [0.717, 1.165) is 34.8 Å². The van der Waals surface area contributed by atoms with Gasteiger partial charge in [0, 0.05) is 18.9 Å². The van der Waals surface area contributed by atoms with Crippen molar-refractivity contribution in [2.24, 2.45) is 5.92 Å². The monoisotopic (exact) mass is 431 g/mol. The second-order valence-corrected chi connectivity index (χ2v) is 7.37. The molecule has 0 saturated heterocycles. The molecule has 0 amide bonds. The predicted molar refractivity (Wildman–Crippen MR) is 95.7 cm³/mol. The lowest BCUT2D eigenvalue weighted by Gasteiger charge is -2.16. The van der Waals surface area contributed by atoms with Crippen LogP contribution in [0.4, 0.5) is 36.4 Å². The van der Waals surface area contributed by atoms with E-state index >= 15 is 0 Å². The first-order valence-electron chi connectivity index (χ1n) is 9.15. The van der Waals surface area contributed by atoms with Gasteiger partial charge >= 0.3 is 12.4 Å². The fourth-order valence-electron chi connectivity index (χ4n) is 3.70. The van der Waals surface area contributed by atoms with E-state index in [1.54, 1.807) is 12.1 Å². The summed E-state index contributed by atoms with van der Waals surface area (Å²) in [6.45, 7) is 0.247. The highest BCUT2D eigenvalue weighted by atomic mass is 19.4. The standard InChI is InChI=1S/C20H16F7N3/c21-13-3-1-11(2-4-13)15-7-12(15)9-28-16-5-6-30-14(8-19(22,23)24)10-29-18(30)17(16)20(25,26)27/h1-6,10,12,15,28H,7-9H2/t12-,15-/m0/s1. The fourth-order valence-corrected chi connectivity index (χ4v) is 3.70. The van der Waals surface area contributed by atoms with Crippen LogP contribution in [0.15, 0.2) is 42.7 Å². The summed E-state index contributed by atoms with van der Waals surface area (Å²) in [5.41, 5.74) is -1.35. The number of alkyl halides is 6. The van der Waals surface area contributed by atoms with Crippen molar-refractivity contribution in [2.45, 2.75) is 31.1 Å². The number of rotatable bonds is 5. The molecule has 0 spiro atoms. The molecule has 4 rings (SSSR count). The summed E-state index contributed by atoms with van der Waals surface area (Å²) < 4.78 is 93.0. The maximum Gasteiger partial charge on any atom is 0.421 e. The van der Waals surface area contributed by atoms with Crippen LogP contribution in [0.5, 0.6) is 0 Å². The van der Waals surface area contributed by atoms with Crippen molar-refractivity contribution in [3.05, 3.63) is 65.4 Å². The van der Waals surface area contributed by atoms with Crippen LogP contribution >= 0.6 is 0 Å². The molecule has 1 aliphatic carbocycles. The number of anilines is 1. The van der Waals surface area contributed by atoms with Crippen molar-refractivity contribution < 1.29 is 30.7 Å². The molecule has 1 N–H and O–H groups in total. The zero-order chi connectivity index (χ0) is 21.7. The molecule has 1 aliphatic rings. The summed E-state index contributed by atoms with van der Waals surface area (Å²) in [5.74, 6) is -0.156. The largest absolute Gasteiger partial charge is 0.421 e. The zero-order valence-electron chi connectivity index (χ0n) is 15.4. The Morgan fingerprint density at radius 1 is 1.03 bits per heavy atom. The quantitative estimate of drug-likeness (QED) is 0.517. The van der Waals surface area contributed by atoms with E-state index < -0.39 is 30.0 Å². The lowest BCUT2D eigenvalue weighted by atomic mass is 10.1. The first-order chi connectivity index (χ1) is 14.0. The van der Waals surface area contributed by atoms with Gasteiger partial charge in [0.05, 0.1) is 17.8 Å². The molecule has 3 nitrogen and oxygen atoms in total. The number of pyridine rings is 1. The SMILES string of the molecule is Fc1ccc([C@@H]2C[C@H]2CNc2ccn3c(CC(F)(F)F)cnc3c2C(F)(F)F)cc1. The Bertz CT molecular complexity index is 1050.